The minimum atomic E-state index is -2.76. The van der Waals surface area contributed by atoms with Gasteiger partial charge >= 0.3 is 0 Å². The molecule has 1 aliphatic carbocycles. The fourth-order valence-electron chi connectivity index (χ4n) is 5.10. The zero-order valence-corrected chi connectivity index (χ0v) is 24.1. The van der Waals surface area contributed by atoms with Crippen LogP contribution in [0.1, 0.15) is 50.8 Å². The van der Waals surface area contributed by atoms with Crippen LogP contribution in [0.5, 0.6) is 5.75 Å². The SMILES string of the molecule is [2H]C([2H])([2H])NC(=O)c1nnc(NC(=O)C2CC2)cc1Nc1cccc(-c2cc(C(=O)N3CCC(N(C)C)CC3)n(C)n2)c1OC. The number of aryl methyl sites for hydroxylation is 1. The molecule has 13 nitrogen and oxygen atoms in total. The first-order valence-corrected chi connectivity index (χ1v) is 13.8. The highest BCUT2D eigenvalue weighted by Crippen LogP contribution is 2.38. The second-order valence-corrected chi connectivity index (χ2v) is 10.7. The molecule has 1 aliphatic heterocycles. The van der Waals surface area contributed by atoms with Gasteiger partial charge in [0.25, 0.3) is 11.8 Å². The van der Waals surface area contributed by atoms with E-state index in [0.717, 1.165) is 25.7 Å². The van der Waals surface area contributed by atoms with Gasteiger partial charge in [-0.15, -0.1) is 10.2 Å². The molecule has 0 spiro atoms. The lowest BCUT2D eigenvalue weighted by Crippen LogP contribution is -2.44. The van der Waals surface area contributed by atoms with Crippen molar-refractivity contribution in [3.8, 4) is 17.0 Å². The van der Waals surface area contributed by atoms with Gasteiger partial charge in [-0.1, -0.05) is 6.07 Å². The molecular weight excluding hydrogens is 538 g/mol. The number of nitrogens with zero attached hydrogens (tertiary/aromatic N) is 6. The third-order valence-electron chi connectivity index (χ3n) is 7.67. The summed E-state index contributed by atoms with van der Waals surface area (Å²) in [5.74, 6) is -0.949. The fourth-order valence-corrected chi connectivity index (χ4v) is 5.10. The van der Waals surface area contributed by atoms with Gasteiger partial charge in [-0.2, -0.15) is 5.10 Å². The van der Waals surface area contributed by atoms with Gasteiger partial charge in [0.2, 0.25) is 5.91 Å². The summed E-state index contributed by atoms with van der Waals surface area (Å²) in [5, 5.41) is 20.2. The van der Waals surface area contributed by atoms with E-state index < -0.39 is 12.9 Å². The molecule has 0 unspecified atom stereocenters. The molecule has 2 fully saturated rings. The van der Waals surface area contributed by atoms with E-state index in [2.05, 4.69) is 44.9 Å². The van der Waals surface area contributed by atoms with Gasteiger partial charge < -0.3 is 30.5 Å². The maximum absolute atomic E-state index is 13.4. The summed E-state index contributed by atoms with van der Waals surface area (Å²) < 4.78 is 29.6. The number of nitrogens with one attached hydrogen (secondary N) is 3. The number of aromatic nitrogens is 4. The number of likely N-dealkylation sites (tertiary alicyclic amines) is 1. The second kappa shape index (κ2) is 12.1. The molecule has 1 aromatic carbocycles. The number of hydrogen-bond acceptors (Lipinski definition) is 9. The lowest BCUT2D eigenvalue weighted by Gasteiger charge is -2.35. The Balaban J connectivity index is 1.44. The van der Waals surface area contributed by atoms with Gasteiger partial charge in [0.1, 0.15) is 5.69 Å². The highest BCUT2D eigenvalue weighted by molar-refractivity contribution is 6.00. The summed E-state index contributed by atoms with van der Waals surface area (Å²) in [7, 11) is 7.29. The molecule has 1 saturated heterocycles. The van der Waals surface area contributed by atoms with Crippen molar-refractivity contribution in [2.24, 2.45) is 13.0 Å². The first-order chi connectivity index (χ1) is 21.3. The van der Waals surface area contributed by atoms with Crippen molar-refractivity contribution in [1.29, 1.82) is 0 Å². The number of ether oxygens (including phenoxy) is 1. The number of hydrogen-bond donors (Lipinski definition) is 3. The summed E-state index contributed by atoms with van der Waals surface area (Å²) in [6.07, 6.45) is 3.35. The van der Waals surface area contributed by atoms with Gasteiger partial charge in [-0.25, -0.2) is 0 Å². The molecule has 3 heterocycles. The van der Waals surface area contributed by atoms with E-state index in [1.54, 1.807) is 36.0 Å². The molecule has 0 radical (unpaired) electrons. The van der Waals surface area contributed by atoms with Crippen LogP contribution in [-0.2, 0) is 11.8 Å². The van der Waals surface area contributed by atoms with Gasteiger partial charge in [0, 0.05) is 54.8 Å². The third-order valence-corrected chi connectivity index (χ3v) is 7.67. The molecule has 2 aromatic heterocycles. The molecule has 222 valence electrons. The molecule has 3 aromatic rings. The van der Waals surface area contributed by atoms with Gasteiger partial charge in [-0.3, -0.25) is 19.1 Å². The molecule has 5 rings (SSSR count). The van der Waals surface area contributed by atoms with Gasteiger partial charge in [-0.05, 0) is 58.0 Å². The predicted octanol–water partition coefficient (Wildman–Crippen LogP) is 2.50. The normalized spacial score (nSPS) is 16.8. The van der Waals surface area contributed by atoms with Crippen molar-refractivity contribution in [2.75, 3.05) is 51.9 Å². The molecule has 2 aliphatic rings. The fraction of sp³-hybridized carbons (Fsp3) is 0.448. The maximum Gasteiger partial charge on any atom is 0.273 e. The number of para-hydroxylation sites is 1. The first-order valence-electron chi connectivity index (χ1n) is 15.3. The first kappa shape index (κ1) is 25.2. The minimum absolute atomic E-state index is 0.0892. The number of carbonyl (C=O) groups excluding carboxylic acids is 3. The Kier molecular flexibility index (Phi) is 7.29. The van der Waals surface area contributed by atoms with Crippen LogP contribution in [0.2, 0.25) is 0 Å². The summed E-state index contributed by atoms with van der Waals surface area (Å²) in [5.41, 5.74) is 1.69. The Hall–Kier alpha value is -4.52. The molecule has 1 saturated carbocycles. The lowest BCUT2D eigenvalue weighted by molar-refractivity contribution is -0.117. The zero-order valence-electron chi connectivity index (χ0n) is 27.1. The third kappa shape index (κ3) is 6.05. The molecule has 0 bridgehead atoms. The van der Waals surface area contributed by atoms with Crippen LogP contribution >= 0.6 is 0 Å². The zero-order chi connectivity index (χ0) is 32.5. The van der Waals surface area contributed by atoms with Crippen LogP contribution in [0.3, 0.4) is 0 Å². The summed E-state index contributed by atoms with van der Waals surface area (Å²) >= 11 is 0. The Labute approximate surface area is 248 Å². The molecule has 42 heavy (non-hydrogen) atoms. The number of methoxy groups -OCH3 is 1. The van der Waals surface area contributed by atoms with Crippen molar-refractivity contribution in [3.05, 3.63) is 41.7 Å². The number of piperidine rings is 1. The standard InChI is InChI=1S/C29H37N9O4/c1-30-28(40)25-22(16-24(33-34-25)32-27(39)17-9-10-17)31-20-8-6-7-19(26(20)42-5)21-15-23(37(4)35-21)29(41)38-13-11-18(12-14-38)36(2)3/h6-8,15-18H,9-14H2,1-5H3,(H,30,40)(H2,31,32,33,39)/i1D3. The Bertz CT molecular complexity index is 1600. The van der Waals surface area contributed by atoms with E-state index in [9.17, 15) is 14.4 Å². The average molecular weight is 579 g/mol. The van der Waals surface area contributed by atoms with E-state index in [-0.39, 0.29) is 34.9 Å². The van der Waals surface area contributed by atoms with E-state index in [1.165, 1.54) is 13.2 Å². The second-order valence-electron chi connectivity index (χ2n) is 10.7. The molecule has 3 amide bonds. The van der Waals surface area contributed by atoms with E-state index in [1.807, 2.05) is 10.2 Å². The van der Waals surface area contributed by atoms with Gasteiger partial charge in [0.05, 0.1) is 24.2 Å². The maximum atomic E-state index is 13.4. The minimum Gasteiger partial charge on any atom is -0.494 e. The summed E-state index contributed by atoms with van der Waals surface area (Å²) in [6, 6.07) is 8.80. The predicted molar refractivity (Wildman–Crippen MR) is 158 cm³/mol. The van der Waals surface area contributed by atoms with Crippen molar-refractivity contribution < 1.29 is 23.2 Å². The molecule has 13 heteroatoms. The number of benzene rings is 1. The number of carbonyl (C=O) groups is 3. The van der Waals surface area contributed by atoms with E-state index in [0.29, 0.717) is 47.5 Å². The number of anilines is 3. The number of rotatable bonds is 9. The lowest BCUT2D eigenvalue weighted by atomic mass is 10.0. The van der Waals surface area contributed by atoms with Crippen LogP contribution in [0.15, 0.2) is 30.3 Å². The van der Waals surface area contributed by atoms with E-state index in [4.69, 9.17) is 8.85 Å². The smallest absolute Gasteiger partial charge is 0.273 e. The van der Waals surface area contributed by atoms with Gasteiger partial charge in [0.15, 0.2) is 17.3 Å². The number of amides is 3. The van der Waals surface area contributed by atoms with E-state index >= 15 is 0 Å². The highest BCUT2D eigenvalue weighted by Gasteiger charge is 2.30. The topological polar surface area (TPSA) is 147 Å². The Morgan fingerprint density at radius 1 is 1.07 bits per heavy atom. The largest absolute Gasteiger partial charge is 0.494 e. The quantitative estimate of drug-likeness (QED) is 0.348. The molecule has 3 N–H and O–H groups in total. The van der Waals surface area contributed by atoms with Crippen molar-refractivity contribution >= 4 is 34.9 Å². The van der Waals surface area contributed by atoms with Crippen LogP contribution < -0.4 is 20.7 Å². The summed E-state index contributed by atoms with van der Waals surface area (Å²) in [4.78, 5) is 42.7. The van der Waals surface area contributed by atoms with Crippen LogP contribution in [0, 0.1) is 5.92 Å². The van der Waals surface area contributed by atoms with Crippen LogP contribution in [0.25, 0.3) is 11.3 Å². The van der Waals surface area contributed by atoms with Crippen molar-refractivity contribution in [1.82, 2.24) is 35.1 Å². The van der Waals surface area contributed by atoms with Crippen LogP contribution in [0.4, 0.5) is 17.2 Å². The molecular formula is C29H37N9O4. The van der Waals surface area contributed by atoms with Crippen molar-refractivity contribution in [3.63, 3.8) is 0 Å². The Morgan fingerprint density at radius 2 is 1.83 bits per heavy atom. The Morgan fingerprint density at radius 3 is 2.50 bits per heavy atom. The van der Waals surface area contributed by atoms with Crippen LogP contribution in [-0.4, -0.2) is 94.8 Å². The summed E-state index contributed by atoms with van der Waals surface area (Å²) in [6.45, 7) is -1.44. The average Bonchev–Trinajstić information content (AvgIpc) is 3.77. The highest BCUT2D eigenvalue weighted by atomic mass is 16.5. The van der Waals surface area contributed by atoms with Crippen molar-refractivity contribution in [2.45, 2.75) is 31.7 Å². The monoisotopic (exact) mass is 578 g/mol. The molecule has 0 atom stereocenters.